The second kappa shape index (κ2) is 5.98. The minimum atomic E-state index is -0.243. The molecule has 1 heterocycles. The minimum absolute atomic E-state index is 0.0817. The highest BCUT2D eigenvalue weighted by Gasteiger charge is 2.47. The van der Waals surface area contributed by atoms with Crippen LogP contribution in [0.15, 0.2) is 0 Å². The van der Waals surface area contributed by atoms with Crippen LogP contribution in [0.1, 0.15) is 58.8 Å². The predicted octanol–water partition coefficient (Wildman–Crippen LogP) is 2.33. The summed E-state index contributed by atoms with van der Waals surface area (Å²) in [6.45, 7) is 5.05. The second-order valence-electron chi connectivity index (χ2n) is 7.61. The van der Waals surface area contributed by atoms with Gasteiger partial charge >= 0.3 is 0 Å². The van der Waals surface area contributed by atoms with Crippen LogP contribution in [0.25, 0.3) is 0 Å². The van der Waals surface area contributed by atoms with Crippen LogP contribution in [0.3, 0.4) is 0 Å². The molecule has 118 valence electrons. The van der Waals surface area contributed by atoms with Gasteiger partial charge in [0.2, 0.25) is 11.8 Å². The van der Waals surface area contributed by atoms with E-state index in [4.69, 9.17) is 0 Å². The Kier molecular flexibility index (Phi) is 4.23. The monoisotopic (exact) mass is 292 g/mol. The first-order valence-corrected chi connectivity index (χ1v) is 8.67. The van der Waals surface area contributed by atoms with Crippen molar-refractivity contribution in [1.82, 2.24) is 10.2 Å². The maximum Gasteiger partial charge on any atom is 0.246 e. The normalized spacial score (nSPS) is 31.1. The third-order valence-corrected chi connectivity index (χ3v) is 5.24. The fraction of sp³-hybridized carbons (Fsp3) is 0.882. The quantitative estimate of drug-likeness (QED) is 0.845. The van der Waals surface area contributed by atoms with Gasteiger partial charge in [0.25, 0.3) is 0 Å². The van der Waals surface area contributed by atoms with E-state index < -0.39 is 0 Å². The third-order valence-electron chi connectivity index (χ3n) is 5.24. The molecule has 2 saturated carbocycles. The van der Waals surface area contributed by atoms with Crippen molar-refractivity contribution < 1.29 is 9.59 Å². The van der Waals surface area contributed by atoms with E-state index in [0.717, 1.165) is 25.8 Å². The predicted molar refractivity (Wildman–Crippen MR) is 81.6 cm³/mol. The molecule has 2 atom stereocenters. The molecule has 21 heavy (non-hydrogen) atoms. The average Bonchev–Trinajstić information content (AvgIpc) is 3.14. The van der Waals surface area contributed by atoms with E-state index in [-0.39, 0.29) is 23.9 Å². The molecule has 1 N–H and O–H groups in total. The van der Waals surface area contributed by atoms with Crippen molar-refractivity contribution in [3.8, 4) is 0 Å². The molecule has 2 amide bonds. The summed E-state index contributed by atoms with van der Waals surface area (Å²) in [5, 5.41) is 3.01. The summed E-state index contributed by atoms with van der Waals surface area (Å²) >= 11 is 0. The van der Waals surface area contributed by atoms with Crippen molar-refractivity contribution >= 4 is 11.8 Å². The van der Waals surface area contributed by atoms with Gasteiger partial charge in [-0.25, -0.2) is 0 Å². The standard InChI is InChI=1S/C17H28N2O2/c1-11(2)9-14-16(20)18-15(13-7-8-13)17(21)19(14)10-12-5-3-4-6-12/h11-15H,3-10H2,1-2H3,(H,18,20). The zero-order chi connectivity index (χ0) is 15.0. The molecule has 0 aromatic carbocycles. The van der Waals surface area contributed by atoms with E-state index in [1.54, 1.807) is 0 Å². The first-order valence-electron chi connectivity index (χ1n) is 8.67. The zero-order valence-electron chi connectivity index (χ0n) is 13.3. The van der Waals surface area contributed by atoms with Gasteiger partial charge in [0.15, 0.2) is 0 Å². The zero-order valence-corrected chi connectivity index (χ0v) is 13.3. The molecule has 4 heteroatoms. The van der Waals surface area contributed by atoms with Crippen molar-refractivity contribution in [2.45, 2.75) is 70.9 Å². The Morgan fingerprint density at radius 1 is 1.14 bits per heavy atom. The number of rotatable bonds is 5. The molecule has 0 bridgehead atoms. The number of piperazine rings is 1. The largest absolute Gasteiger partial charge is 0.342 e. The smallest absolute Gasteiger partial charge is 0.246 e. The lowest BCUT2D eigenvalue weighted by Gasteiger charge is -2.41. The van der Waals surface area contributed by atoms with Crippen LogP contribution in [0.4, 0.5) is 0 Å². The molecule has 4 nitrogen and oxygen atoms in total. The summed E-state index contributed by atoms with van der Waals surface area (Å²) in [4.78, 5) is 27.3. The number of carbonyl (C=O) groups is 2. The van der Waals surface area contributed by atoms with Gasteiger partial charge in [-0.1, -0.05) is 26.7 Å². The van der Waals surface area contributed by atoms with Crippen molar-refractivity contribution in [1.29, 1.82) is 0 Å². The molecular formula is C17H28N2O2. The third kappa shape index (κ3) is 3.24. The molecule has 3 fully saturated rings. The molecule has 3 rings (SSSR count). The lowest BCUT2D eigenvalue weighted by Crippen LogP contribution is -2.64. The first-order chi connectivity index (χ1) is 10.1. The van der Waals surface area contributed by atoms with Crippen molar-refractivity contribution in [3.05, 3.63) is 0 Å². The van der Waals surface area contributed by atoms with Crippen LogP contribution in [0, 0.1) is 17.8 Å². The molecule has 2 unspecified atom stereocenters. The summed E-state index contributed by atoms with van der Waals surface area (Å²) in [5.41, 5.74) is 0. The van der Waals surface area contributed by atoms with Crippen LogP contribution in [-0.2, 0) is 9.59 Å². The lowest BCUT2D eigenvalue weighted by atomic mass is 9.94. The maximum atomic E-state index is 12.8. The molecule has 3 aliphatic rings. The van der Waals surface area contributed by atoms with Gasteiger partial charge in [-0.2, -0.15) is 0 Å². The van der Waals surface area contributed by atoms with E-state index >= 15 is 0 Å². The highest BCUT2D eigenvalue weighted by atomic mass is 16.2. The van der Waals surface area contributed by atoms with E-state index in [9.17, 15) is 9.59 Å². The van der Waals surface area contributed by atoms with Gasteiger partial charge in [0.1, 0.15) is 12.1 Å². The van der Waals surface area contributed by atoms with Gasteiger partial charge in [0.05, 0.1) is 0 Å². The molecule has 0 spiro atoms. The number of nitrogens with zero attached hydrogens (tertiary/aromatic N) is 1. The second-order valence-corrected chi connectivity index (χ2v) is 7.61. The van der Waals surface area contributed by atoms with E-state index in [1.807, 2.05) is 4.90 Å². The topological polar surface area (TPSA) is 49.4 Å². The highest BCUT2D eigenvalue weighted by Crippen LogP contribution is 2.36. The summed E-state index contributed by atoms with van der Waals surface area (Å²) in [7, 11) is 0. The Morgan fingerprint density at radius 3 is 2.38 bits per heavy atom. The first kappa shape index (κ1) is 14.9. The summed E-state index contributed by atoms with van der Waals surface area (Å²) in [6.07, 6.45) is 7.94. The fourth-order valence-electron chi connectivity index (χ4n) is 3.90. The summed E-state index contributed by atoms with van der Waals surface area (Å²) in [5.74, 6) is 1.70. The highest BCUT2D eigenvalue weighted by molar-refractivity contribution is 5.97. The van der Waals surface area contributed by atoms with Gasteiger partial charge in [-0.3, -0.25) is 9.59 Å². The van der Waals surface area contributed by atoms with E-state index in [0.29, 0.717) is 17.8 Å². The molecule has 0 aromatic heterocycles. The van der Waals surface area contributed by atoms with Crippen molar-refractivity contribution in [2.24, 2.45) is 17.8 Å². The SMILES string of the molecule is CC(C)CC1C(=O)NC(C2CC2)C(=O)N1CC1CCCC1. The molecule has 2 aliphatic carbocycles. The number of carbonyl (C=O) groups excluding carboxylic acids is 2. The average molecular weight is 292 g/mol. The number of nitrogens with one attached hydrogen (secondary N) is 1. The van der Waals surface area contributed by atoms with Gasteiger partial charge in [-0.05, 0) is 49.9 Å². The number of amides is 2. The molecular weight excluding hydrogens is 264 g/mol. The number of hydrogen-bond acceptors (Lipinski definition) is 2. The Bertz CT molecular complexity index is 411. The molecule has 0 aromatic rings. The summed E-state index contributed by atoms with van der Waals surface area (Å²) in [6, 6.07) is -0.476. The van der Waals surface area contributed by atoms with Crippen LogP contribution < -0.4 is 5.32 Å². The molecule has 1 aliphatic heterocycles. The number of hydrogen-bond donors (Lipinski definition) is 1. The van der Waals surface area contributed by atoms with Crippen molar-refractivity contribution in [2.75, 3.05) is 6.54 Å². The van der Waals surface area contributed by atoms with Gasteiger partial charge in [0, 0.05) is 6.54 Å². The van der Waals surface area contributed by atoms with Crippen LogP contribution >= 0.6 is 0 Å². The summed E-state index contributed by atoms with van der Waals surface area (Å²) < 4.78 is 0. The van der Waals surface area contributed by atoms with Gasteiger partial charge in [-0.15, -0.1) is 0 Å². The molecule has 1 saturated heterocycles. The van der Waals surface area contributed by atoms with Gasteiger partial charge < -0.3 is 10.2 Å². The van der Waals surface area contributed by atoms with Crippen LogP contribution in [0.2, 0.25) is 0 Å². The molecule has 0 radical (unpaired) electrons. The maximum absolute atomic E-state index is 12.8. The Labute approximate surface area is 127 Å². The lowest BCUT2D eigenvalue weighted by molar-refractivity contribution is -0.151. The Balaban J connectivity index is 1.75. The van der Waals surface area contributed by atoms with Crippen molar-refractivity contribution in [3.63, 3.8) is 0 Å². The Hall–Kier alpha value is -1.06. The minimum Gasteiger partial charge on any atom is -0.342 e. The van der Waals surface area contributed by atoms with E-state index in [2.05, 4.69) is 19.2 Å². The Morgan fingerprint density at radius 2 is 1.81 bits per heavy atom. The van der Waals surface area contributed by atoms with E-state index in [1.165, 1.54) is 25.7 Å². The van der Waals surface area contributed by atoms with Crippen LogP contribution in [0.5, 0.6) is 0 Å². The fourth-order valence-corrected chi connectivity index (χ4v) is 3.90. The van der Waals surface area contributed by atoms with Crippen LogP contribution in [-0.4, -0.2) is 35.3 Å².